The minimum Gasteiger partial charge on any atom is -0.295 e. The highest BCUT2D eigenvalue weighted by molar-refractivity contribution is 7.89. The molecule has 0 bridgehead atoms. The van der Waals surface area contributed by atoms with E-state index in [2.05, 4.69) is 0 Å². The van der Waals surface area contributed by atoms with Crippen molar-refractivity contribution in [2.75, 3.05) is 0 Å². The first-order valence-electron chi connectivity index (χ1n) is 10.5. The molecule has 2 aromatic carbocycles. The van der Waals surface area contributed by atoms with Gasteiger partial charge >= 0.3 is 0 Å². The van der Waals surface area contributed by atoms with Gasteiger partial charge in [0.2, 0.25) is 0 Å². The van der Waals surface area contributed by atoms with Crippen LogP contribution >= 0.6 is 0 Å². The molecule has 6 heteroatoms. The van der Waals surface area contributed by atoms with E-state index in [4.69, 9.17) is 0 Å². The summed E-state index contributed by atoms with van der Waals surface area (Å²) < 4.78 is 27.9. The zero-order valence-corrected chi connectivity index (χ0v) is 18.2. The van der Waals surface area contributed by atoms with E-state index in [1.807, 2.05) is 37.3 Å². The summed E-state index contributed by atoms with van der Waals surface area (Å²) in [5.41, 5.74) is 2.89. The van der Waals surface area contributed by atoms with E-state index in [9.17, 15) is 18.0 Å². The lowest BCUT2D eigenvalue weighted by Crippen LogP contribution is -2.42. The van der Waals surface area contributed by atoms with Crippen LogP contribution in [0.25, 0.3) is 0 Å². The molecule has 0 radical (unpaired) electrons. The second-order valence-electron chi connectivity index (χ2n) is 8.15. The van der Waals surface area contributed by atoms with Gasteiger partial charge in [0.15, 0.2) is 5.78 Å². The Hall–Kier alpha value is -2.99. The highest BCUT2D eigenvalue weighted by Gasteiger charge is 2.41. The number of amides is 1. The fourth-order valence-electron chi connectivity index (χ4n) is 4.32. The van der Waals surface area contributed by atoms with Crippen molar-refractivity contribution in [3.63, 3.8) is 0 Å². The maximum Gasteiger partial charge on any atom is 0.267 e. The van der Waals surface area contributed by atoms with Gasteiger partial charge in [-0.3, -0.25) is 9.59 Å². The molecule has 2 atom stereocenters. The molecule has 2 unspecified atom stereocenters. The summed E-state index contributed by atoms with van der Waals surface area (Å²) in [4.78, 5) is 24.8. The van der Waals surface area contributed by atoms with Crippen molar-refractivity contribution in [1.29, 1.82) is 0 Å². The summed E-state index contributed by atoms with van der Waals surface area (Å²) in [6, 6.07) is 15.5. The molecule has 31 heavy (non-hydrogen) atoms. The number of sulfonamides is 1. The van der Waals surface area contributed by atoms with Crippen LogP contribution in [0.1, 0.15) is 42.7 Å². The maximum atomic E-state index is 13.4. The van der Waals surface area contributed by atoms with Crippen LogP contribution in [0.5, 0.6) is 0 Å². The molecule has 0 aromatic heterocycles. The largest absolute Gasteiger partial charge is 0.295 e. The first-order chi connectivity index (χ1) is 14.9. The minimum absolute atomic E-state index is 0.0963. The minimum atomic E-state index is -4.02. The Labute approximate surface area is 183 Å². The molecular weight excluding hydrogens is 410 g/mol. The molecule has 5 nitrogen and oxygen atoms in total. The molecule has 1 aliphatic carbocycles. The molecule has 0 N–H and O–H groups in total. The Morgan fingerprint density at radius 2 is 1.71 bits per heavy atom. The third-order valence-corrected chi connectivity index (χ3v) is 7.72. The van der Waals surface area contributed by atoms with Crippen molar-refractivity contribution in [1.82, 2.24) is 4.31 Å². The van der Waals surface area contributed by atoms with E-state index in [1.54, 1.807) is 24.3 Å². The zero-order valence-electron chi connectivity index (χ0n) is 17.4. The average molecular weight is 436 g/mol. The number of carbonyl (C=O) groups is 2. The molecule has 160 valence electrons. The lowest BCUT2D eigenvalue weighted by atomic mass is 9.83. The smallest absolute Gasteiger partial charge is 0.267 e. The molecule has 0 saturated heterocycles. The average Bonchev–Trinajstić information content (AvgIpc) is 3.15. The van der Waals surface area contributed by atoms with Crippen molar-refractivity contribution in [3.05, 3.63) is 89.5 Å². The summed E-state index contributed by atoms with van der Waals surface area (Å²) in [6.07, 6.45) is 7.40. The number of nitrogens with zero attached hydrogens (tertiary/aromatic N) is 1. The molecule has 2 aromatic rings. The number of allylic oxidation sites excluding steroid dienone is 2. The van der Waals surface area contributed by atoms with Crippen LogP contribution in [0, 0.1) is 6.92 Å². The van der Waals surface area contributed by atoms with Gasteiger partial charge in [0.25, 0.3) is 15.9 Å². The topological polar surface area (TPSA) is 71.5 Å². The number of carbonyl (C=O) groups excluding carboxylic acids is 2. The molecule has 0 spiro atoms. The second kappa shape index (κ2) is 8.63. The van der Waals surface area contributed by atoms with Crippen molar-refractivity contribution in [3.8, 4) is 0 Å². The highest BCUT2D eigenvalue weighted by atomic mass is 32.2. The van der Waals surface area contributed by atoms with E-state index in [1.165, 1.54) is 18.2 Å². The van der Waals surface area contributed by atoms with Crippen molar-refractivity contribution in [2.45, 2.75) is 49.5 Å². The van der Waals surface area contributed by atoms with Crippen molar-refractivity contribution >= 4 is 21.7 Å². The Morgan fingerprint density at radius 3 is 2.39 bits per heavy atom. The monoisotopic (exact) mass is 435 g/mol. The Morgan fingerprint density at radius 1 is 1.00 bits per heavy atom. The van der Waals surface area contributed by atoms with Crippen LogP contribution in [-0.4, -0.2) is 30.5 Å². The van der Waals surface area contributed by atoms with E-state index >= 15 is 0 Å². The van der Waals surface area contributed by atoms with Gasteiger partial charge in [-0.2, -0.15) is 0 Å². The van der Waals surface area contributed by atoms with E-state index in [0.717, 1.165) is 33.8 Å². The van der Waals surface area contributed by atoms with Crippen LogP contribution in [0.3, 0.4) is 0 Å². The Kier molecular flexibility index (Phi) is 5.92. The molecular formula is C25H25NO4S. The molecule has 0 saturated carbocycles. The fourth-order valence-corrected chi connectivity index (χ4v) is 5.86. The van der Waals surface area contributed by atoms with Crippen molar-refractivity contribution in [2.24, 2.45) is 0 Å². The van der Waals surface area contributed by atoms with Crippen LogP contribution in [0.4, 0.5) is 0 Å². The number of rotatable bonds is 6. The third-order valence-electron chi connectivity index (χ3n) is 5.91. The molecule has 0 fully saturated rings. The zero-order chi connectivity index (χ0) is 22.0. The molecule has 4 rings (SSSR count). The highest BCUT2D eigenvalue weighted by Crippen LogP contribution is 2.38. The third kappa shape index (κ3) is 4.39. The van der Waals surface area contributed by atoms with E-state index in [0.29, 0.717) is 12.8 Å². The predicted molar refractivity (Wildman–Crippen MR) is 119 cm³/mol. The summed E-state index contributed by atoms with van der Waals surface area (Å²) in [7, 11) is -4.02. The first-order valence-corrected chi connectivity index (χ1v) is 11.9. The Bertz CT molecular complexity index is 1150. The molecule has 1 heterocycles. The second-order valence-corrected chi connectivity index (χ2v) is 9.96. The van der Waals surface area contributed by atoms with Crippen LogP contribution in [-0.2, 0) is 19.6 Å². The van der Waals surface area contributed by atoms with Crippen LogP contribution < -0.4 is 0 Å². The number of benzene rings is 2. The van der Waals surface area contributed by atoms with Gasteiger partial charge in [0.1, 0.15) is 0 Å². The van der Waals surface area contributed by atoms with Gasteiger partial charge < -0.3 is 0 Å². The maximum absolute atomic E-state index is 13.4. The van der Waals surface area contributed by atoms with Gasteiger partial charge in [0, 0.05) is 18.4 Å². The quantitative estimate of drug-likeness (QED) is 0.678. The fraction of sp³-hybridized carbons (Fsp3) is 0.280. The lowest BCUT2D eigenvalue weighted by molar-refractivity contribution is -0.121. The normalized spacial score (nSPS) is 20.1. The molecule has 1 aliphatic heterocycles. The first kappa shape index (κ1) is 21.2. The van der Waals surface area contributed by atoms with E-state index in [-0.39, 0.29) is 16.6 Å². The standard InChI is InChI=1S/C25H25NO4S/c1-18-10-12-22(13-11-18)31(29,30)26-24(14-15-25(26)28)23(20-7-3-2-4-8-20)17-19-6-5-9-21(27)16-19/h2-4,7-8,10-16,23-24H,5-6,9,17H2,1H3. The predicted octanol–water partition coefficient (Wildman–Crippen LogP) is 4.30. The Balaban J connectivity index is 1.74. The number of ketones is 1. The summed E-state index contributed by atoms with van der Waals surface area (Å²) in [5, 5.41) is 0. The van der Waals surface area contributed by atoms with Gasteiger partial charge in [-0.1, -0.05) is 59.7 Å². The number of hydrogen-bond donors (Lipinski definition) is 0. The van der Waals surface area contributed by atoms with Gasteiger partial charge in [-0.25, -0.2) is 12.7 Å². The lowest BCUT2D eigenvalue weighted by Gasteiger charge is -2.32. The summed E-state index contributed by atoms with van der Waals surface area (Å²) in [5.74, 6) is -0.711. The molecule has 1 amide bonds. The summed E-state index contributed by atoms with van der Waals surface area (Å²) in [6.45, 7) is 1.88. The van der Waals surface area contributed by atoms with Gasteiger partial charge in [0.05, 0.1) is 10.9 Å². The number of aryl methyl sites for hydroxylation is 1. The van der Waals surface area contributed by atoms with Crippen LogP contribution in [0.15, 0.2) is 83.3 Å². The van der Waals surface area contributed by atoms with E-state index < -0.39 is 22.0 Å². The van der Waals surface area contributed by atoms with Crippen molar-refractivity contribution < 1.29 is 18.0 Å². The van der Waals surface area contributed by atoms with Gasteiger partial charge in [-0.15, -0.1) is 0 Å². The van der Waals surface area contributed by atoms with Gasteiger partial charge in [-0.05, 0) is 50.0 Å². The van der Waals surface area contributed by atoms with Crippen LogP contribution in [0.2, 0.25) is 0 Å². The molecule has 2 aliphatic rings. The summed E-state index contributed by atoms with van der Waals surface area (Å²) >= 11 is 0. The SMILES string of the molecule is Cc1ccc(S(=O)(=O)N2C(=O)C=CC2C(CC2=CC(=O)CCC2)c2ccccc2)cc1. The number of hydrogen-bond acceptors (Lipinski definition) is 4.